The number of hydrogen-bond acceptors (Lipinski definition) is 4. The number of para-hydroxylation sites is 1. The third-order valence-corrected chi connectivity index (χ3v) is 3.55. The highest BCUT2D eigenvalue weighted by Gasteiger charge is 2.04. The van der Waals surface area contributed by atoms with E-state index in [-0.39, 0.29) is 5.91 Å². The minimum atomic E-state index is -0.196. The van der Waals surface area contributed by atoms with E-state index in [1.165, 1.54) is 6.08 Å². The molecule has 6 heteroatoms. The van der Waals surface area contributed by atoms with Crippen molar-refractivity contribution in [2.24, 2.45) is 0 Å². The zero-order valence-corrected chi connectivity index (χ0v) is 13.8. The van der Waals surface area contributed by atoms with Crippen molar-refractivity contribution < 1.29 is 9.53 Å². The van der Waals surface area contributed by atoms with E-state index in [4.69, 9.17) is 4.74 Å². The first-order chi connectivity index (χ1) is 12.3. The zero-order valence-electron chi connectivity index (χ0n) is 13.8. The van der Waals surface area contributed by atoms with E-state index in [1.807, 2.05) is 42.6 Å². The van der Waals surface area contributed by atoms with Gasteiger partial charge in [0.2, 0.25) is 11.8 Å². The van der Waals surface area contributed by atoms with Crippen LogP contribution in [0.15, 0.2) is 67.1 Å². The quantitative estimate of drug-likeness (QED) is 0.704. The highest BCUT2D eigenvalue weighted by atomic mass is 16.5. The van der Waals surface area contributed by atoms with Crippen LogP contribution in [-0.4, -0.2) is 27.8 Å². The first-order valence-electron chi connectivity index (χ1n) is 7.80. The van der Waals surface area contributed by atoms with Gasteiger partial charge in [0.1, 0.15) is 0 Å². The van der Waals surface area contributed by atoms with Crippen molar-refractivity contribution in [2.45, 2.75) is 6.54 Å². The van der Waals surface area contributed by atoms with Crippen molar-refractivity contribution >= 4 is 12.0 Å². The summed E-state index contributed by atoms with van der Waals surface area (Å²) in [6.07, 6.45) is 8.43. The Morgan fingerprint density at radius 3 is 2.88 bits per heavy atom. The van der Waals surface area contributed by atoms with Crippen LogP contribution in [0.25, 0.3) is 11.8 Å². The number of aromatic nitrogens is 3. The molecule has 0 spiro atoms. The number of carbonyl (C=O) groups is 1. The molecule has 6 nitrogen and oxygen atoms in total. The molecule has 0 saturated heterocycles. The Balaban J connectivity index is 1.59. The maximum absolute atomic E-state index is 12.0. The third-order valence-electron chi connectivity index (χ3n) is 3.55. The van der Waals surface area contributed by atoms with E-state index in [0.29, 0.717) is 12.4 Å². The fraction of sp³-hybridized carbons (Fsp3) is 0.105. The number of carbonyl (C=O) groups excluding carboxylic acids is 1. The lowest BCUT2D eigenvalue weighted by molar-refractivity contribution is -0.116. The summed E-state index contributed by atoms with van der Waals surface area (Å²) in [7, 11) is 1.55. The van der Waals surface area contributed by atoms with Gasteiger partial charge in [-0.3, -0.25) is 4.79 Å². The number of amides is 1. The van der Waals surface area contributed by atoms with Crippen molar-refractivity contribution in [1.29, 1.82) is 0 Å². The smallest absolute Gasteiger partial charge is 0.244 e. The molecule has 3 aromatic rings. The number of hydrogen-bond donors (Lipinski definition) is 1. The van der Waals surface area contributed by atoms with Gasteiger partial charge >= 0.3 is 0 Å². The van der Waals surface area contributed by atoms with E-state index in [1.54, 1.807) is 36.3 Å². The molecule has 0 aliphatic heterocycles. The number of ether oxygens (including phenoxy) is 1. The fourth-order valence-electron chi connectivity index (χ4n) is 2.30. The highest BCUT2D eigenvalue weighted by Crippen LogP contribution is 2.13. The Kier molecular flexibility index (Phi) is 5.21. The van der Waals surface area contributed by atoms with Crippen LogP contribution >= 0.6 is 0 Å². The average Bonchev–Trinajstić information content (AvgIpc) is 3.14. The SMILES string of the molecule is COc1ncccc1CNC(=O)C=Cc1cnn(-c2ccccc2)c1. The fourth-order valence-corrected chi connectivity index (χ4v) is 2.30. The second-order valence-corrected chi connectivity index (χ2v) is 5.28. The predicted molar refractivity (Wildman–Crippen MR) is 95.2 cm³/mol. The standard InChI is InChI=1S/C19H18N4O2/c1-25-19-16(6-5-11-20-19)13-21-18(24)10-9-15-12-22-23(14-15)17-7-3-2-4-8-17/h2-12,14H,13H2,1H3,(H,21,24). The maximum Gasteiger partial charge on any atom is 0.244 e. The van der Waals surface area contributed by atoms with Gasteiger partial charge < -0.3 is 10.1 Å². The van der Waals surface area contributed by atoms with Crippen LogP contribution in [0.1, 0.15) is 11.1 Å². The zero-order chi connectivity index (χ0) is 17.5. The summed E-state index contributed by atoms with van der Waals surface area (Å²) in [5.74, 6) is 0.314. The lowest BCUT2D eigenvalue weighted by atomic mass is 10.2. The molecule has 2 aromatic heterocycles. The van der Waals surface area contributed by atoms with Gasteiger partial charge in [-0.25, -0.2) is 9.67 Å². The highest BCUT2D eigenvalue weighted by molar-refractivity contribution is 5.91. The molecule has 0 aliphatic carbocycles. The summed E-state index contributed by atoms with van der Waals surface area (Å²) >= 11 is 0. The van der Waals surface area contributed by atoms with Crippen molar-refractivity contribution in [3.63, 3.8) is 0 Å². The van der Waals surface area contributed by atoms with Gasteiger partial charge in [-0.15, -0.1) is 0 Å². The van der Waals surface area contributed by atoms with Crippen molar-refractivity contribution in [3.05, 3.63) is 78.3 Å². The second kappa shape index (κ2) is 7.92. The molecule has 3 rings (SSSR count). The largest absolute Gasteiger partial charge is 0.481 e. The predicted octanol–water partition coefficient (Wildman–Crippen LogP) is 2.61. The summed E-state index contributed by atoms with van der Waals surface area (Å²) in [4.78, 5) is 16.1. The van der Waals surface area contributed by atoms with Gasteiger partial charge in [-0.1, -0.05) is 24.3 Å². The summed E-state index contributed by atoms with van der Waals surface area (Å²) in [6, 6.07) is 13.5. The molecule has 0 unspecified atom stereocenters. The molecular formula is C19H18N4O2. The van der Waals surface area contributed by atoms with Crippen molar-refractivity contribution in [1.82, 2.24) is 20.1 Å². The van der Waals surface area contributed by atoms with Crippen LogP contribution < -0.4 is 10.1 Å². The first kappa shape index (κ1) is 16.4. The number of methoxy groups -OCH3 is 1. The number of pyridine rings is 1. The minimum Gasteiger partial charge on any atom is -0.481 e. The lowest BCUT2D eigenvalue weighted by Crippen LogP contribution is -2.20. The van der Waals surface area contributed by atoms with Crippen LogP contribution in [-0.2, 0) is 11.3 Å². The lowest BCUT2D eigenvalue weighted by Gasteiger charge is -2.06. The first-order valence-corrected chi connectivity index (χ1v) is 7.80. The average molecular weight is 334 g/mol. The molecule has 25 heavy (non-hydrogen) atoms. The minimum absolute atomic E-state index is 0.196. The summed E-state index contributed by atoms with van der Waals surface area (Å²) in [6.45, 7) is 0.351. The van der Waals surface area contributed by atoms with Gasteiger partial charge in [-0.05, 0) is 24.3 Å². The molecule has 0 radical (unpaired) electrons. The maximum atomic E-state index is 12.0. The Labute approximate surface area is 145 Å². The summed E-state index contributed by atoms with van der Waals surface area (Å²) < 4.78 is 6.92. The van der Waals surface area contributed by atoms with Gasteiger partial charge in [0.15, 0.2) is 0 Å². The molecular weight excluding hydrogens is 316 g/mol. The molecule has 0 bridgehead atoms. The summed E-state index contributed by atoms with van der Waals surface area (Å²) in [5, 5.41) is 7.10. The van der Waals surface area contributed by atoms with Crippen molar-refractivity contribution in [2.75, 3.05) is 7.11 Å². The molecule has 2 heterocycles. The second-order valence-electron chi connectivity index (χ2n) is 5.28. The van der Waals surface area contributed by atoms with Crippen LogP contribution in [0.5, 0.6) is 5.88 Å². The van der Waals surface area contributed by atoms with Crippen LogP contribution in [0.4, 0.5) is 0 Å². The molecule has 1 N–H and O–H groups in total. The number of benzene rings is 1. The topological polar surface area (TPSA) is 69.0 Å². The third kappa shape index (κ3) is 4.32. The summed E-state index contributed by atoms with van der Waals surface area (Å²) in [5.41, 5.74) is 2.64. The number of nitrogens with zero attached hydrogens (tertiary/aromatic N) is 3. The van der Waals surface area contributed by atoms with Crippen LogP contribution in [0.3, 0.4) is 0 Å². The van der Waals surface area contributed by atoms with Crippen molar-refractivity contribution in [3.8, 4) is 11.6 Å². The van der Waals surface area contributed by atoms with E-state index in [2.05, 4.69) is 15.4 Å². The Morgan fingerprint density at radius 2 is 2.08 bits per heavy atom. The van der Waals surface area contributed by atoms with Crippen LogP contribution in [0, 0.1) is 0 Å². The molecule has 1 amide bonds. The van der Waals surface area contributed by atoms with E-state index >= 15 is 0 Å². The van der Waals surface area contributed by atoms with Gasteiger partial charge in [0.25, 0.3) is 0 Å². The molecule has 0 saturated carbocycles. The monoisotopic (exact) mass is 334 g/mol. The molecule has 0 atom stereocenters. The van der Waals surface area contributed by atoms with E-state index in [9.17, 15) is 4.79 Å². The Morgan fingerprint density at radius 1 is 1.24 bits per heavy atom. The van der Waals surface area contributed by atoms with Gasteiger partial charge in [0.05, 0.1) is 19.0 Å². The number of rotatable bonds is 6. The van der Waals surface area contributed by atoms with E-state index in [0.717, 1.165) is 16.8 Å². The molecule has 0 fully saturated rings. The molecule has 126 valence electrons. The Hall–Kier alpha value is -3.41. The molecule has 0 aliphatic rings. The van der Waals surface area contributed by atoms with Gasteiger partial charge in [0, 0.05) is 36.1 Å². The molecule has 1 aromatic carbocycles. The van der Waals surface area contributed by atoms with Gasteiger partial charge in [-0.2, -0.15) is 5.10 Å². The Bertz CT molecular complexity index is 872. The normalized spacial score (nSPS) is 10.8. The van der Waals surface area contributed by atoms with E-state index < -0.39 is 0 Å². The number of nitrogens with one attached hydrogen (secondary N) is 1. The van der Waals surface area contributed by atoms with Crippen LogP contribution in [0.2, 0.25) is 0 Å².